The van der Waals surface area contributed by atoms with Crippen molar-refractivity contribution in [1.29, 1.82) is 0 Å². The van der Waals surface area contributed by atoms with E-state index in [-0.39, 0.29) is 36.6 Å². The van der Waals surface area contributed by atoms with Crippen LogP contribution in [0.2, 0.25) is 0 Å². The summed E-state index contributed by atoms with van der Waals surface area (Å²) >= 11 is 3.56. The second kappa shape index (κ2) is 10.2. The summed E-state index contributed by atoms with van der Waals surface area (Å²) in [7, 11) is 0. The van der Waals surface area contributed by atoms with E-state index in [1.165, 1.54) is 6.08 Å². The van der Waals surface area contributed by atoms with Crippen LogP contribution in [0, 0.1) is 0 Å². The fourth-order valence-corrected chi connectivity index (χ4v) is 6.21. The quantitative estimate of drug-likeness (QED) is 0.377. The number of rotatable bonds is 4. The van der Waals surface area contributed by atoms with Crippen LogP contribution in [0.1, 0.15) is 53.0 Å². The first-order chi connectivity index (χ1) is 19.3. The van der Waals surface area contributed by atoms with Crippen LogP contribution in [-0.4, -0.2) is 69.4 Å². The number of benzene rings is 2. The Morgan fingerprint density at radius 1 is 1.20 bits per heavy atom. The molecule has 1 unspecified atom stereocenters. The zero-order valence-corrected chi connectivity index (χ0v) is 24.0. The molecule has 2 aromatic carbocycles. The van der Waals surface area contributed by atoms with Gasteiger partial charge in [0.15, 0.2) is 0 Å². The zero-order chi connectivity index (χ0) is 28.1. The lowest BCUT2D eigenvalue weighted by molar-refractivity contribution is -0.127. The highest BCUT2D eigenvalue weighted by Gasteiger charge is 2.41. The van der Waals surface area contributed by atoms with Gasteiger partial charge in [-0.15, -0.1) is 5.10 Å². The van der Waals surface area contributed by atoms with E-state index in [4.69, 9.17) is 9.84 Å². The van der Waals surface area contributed by atoms with Gasteiger partial charge in [0.2, 0.25) is 11.8 Å². The van der Waals surface area contributed by atoms with Crippen LogP contribution in [-0.2, 0) is 11.2 Å². The van der Waals surface area contributed by atoms with Crippen molar-refractivity contribution in [2.45, 2.75) is 32.2 Å². The Kier molecular flexibility index (Phi) is 6.69. The SMILES string of the molecule is C=CC(=O)N1CCOc2nn(-c3ccc(C(C)C)cc3O)c3c2C(C1)N(C(=O)c1ccc(Br)c2c1NCN2)CC3. The highest BCUT2D eigenvalue weighted by Crippen LogP contribution is 2.43. The minimum absolute atomic E-state index is 0.125. The largest absolute Gasteiger partial charge is 0.506 e. The number of amides is 2. The Hall–Kier alpha value is -3.99. The number of carbonyl (C=O) groups excluding carboxylic acids is 2. The van der Waals surface area contributed by atoms with E-state index in [1.807, 2.05) is 24.3 Å². The van der Waals surface area contributed by atoms with Gasteiger partial charge in [-0.25, -0.2) is 4.68 Å². The molecule has 11 heteroatoms. The third-order valence-electron chi connectivity index (χ3n) is 7.84. The van der Waals surface area contributed by atoms with Gasteiger partial charge in [-0.1, -0.05) is 26.5 Å². The summed E-state index contributed by atoms with van der Waals surface area (Å²) in [6, 6.07) is 8.79. The number of hydrogen-bond donors (Lipinski definition) is 3. The number of halogens is 1. The van der Waals surface area contributed by atoms with E-state index in [9.17, 15) is 14.7 Å². The molecule has 1 aromatic heterocycles. The van der Waals surface area contributed by atoms with Gasteiger partial charge in [-0.2, -0.15) is 0 Å². The van der Waals surface area contributed by atoms with Gasteiger partial charge in [0.1, 0.15) is 18.0 Å². The minimum Gasteiger partial charge on any atom is -0.506 e. The molecule has 3 aliphatic heterocycles. The van der Waals surface area contributed by atoms with Gasteiger partial charge < -0.3 is 30.3 Å². The molecular formula is C29H31BrN6O4. The first kappa shape index (κ1) is 26.2. The molecule has 10 nitrogen and oxygen atoms in total. The average molecular weight is 608 g/mol. The first-order valence-electron chi connectivity index (χ1n) is 13.4. The molecule has 0 spiro atoms. The van der Waals surface area contributed by atoms with Crippen molar-refractivity contribution in [3.05, 3.63) is 69.8 Å². The van der Waals surface area contributed by atoms with Crippen LogP contribution < -0.4 is 15.4 Å². The molecule has 0 saturated carbocycles. The molecule has 208 valence electrons. The number of hydrogen-bond acceptors (Lipinski definition) is 7. The second-order valence-electron chi connectivity index (χ2n) is 10.5. The Morgan fingerprint density at radius 3 is 2.75 bits per heavy atom. The zero-order valence-electron chi connectivity index (χ0n) is 22.4. The molecule has 3 aromatic rings. The van der Waals surface area contributed by atoms with Gasteiger partial charge in [-0.05, 0) is 57.8 Å². The maximum atomic E-state index is 14.2. The fourth-order valence-electron chi connectivity index (χ4n) is 5.74. The fraction of sp³-hybridized carbons (Fsp3) is 0.345. The summed E-state index contributed by atoms with van der Waals surface area (Å²) in [6.45, 7) is 9.59. The van der Waals surface area contributed by atoms with Crippen LogP contribution in [0.4, 0.5) is 11.4 Å². The number of phenolic OH excluding ortho intramolecular Hbond substituents is 1. The van der Waals surface area contributed by atoms with Crippen molar-refractivity contribution in [2.75, 3.05) is 43.5 Å². The Bertz CT molecular complexity index is 1530. The molecule has 1 atom stereocenters. The number of phenols is 1. The monoisotopic (exact) mass is 606 g/mol. The van der Waals surface area contributed by atoms with Gasteiger partial charge in [-0.3, -0.25) is 9.59 Å². The van der Waals surface area contributed by atoms with E-state index in [0.29, 0.717) is 43.3 Å². The van der Waals surface area contributed by atoms with Crippen molar-refractivity contribution < 1.29 is 19.4 Å². The molecular weight excluding hydrogens is 576 g/mol. The Balaban J connectivity index is 1.46. The summed E-state index contributed by atoms with van der Waals surface area (Å²) in [6.07, 6.45) is 1.78. The smallest absolute Gasteiger partial charge is 0.256 e. The van der Waals surface area contributed by atoms with Crippen molar-refractivity contribution >= 4 is 39.1 Å². The number of aromatic nitrogens is 2. The first-order valence-corrected chi connectivity index (χ1v) is 14.2. The maximum Gasteiger partial charge on any atom is 0.256 e. The molecule has 0 radical (unpaired) electrons. The Morgan fingerprint density at radius 2 is 2.00 bits per heavy atom. The standard InChI is InChI=1S/C29H31BrN6O4/c1-4-24(38)34-11-12-40-28-25-21(36(33-28)20-8-5-17(16(2)3)13-23(20)37)9-10-35(22(25)14-34)29(39)18-6-7-19(30)27-26(18)31-15-32-27/h4-8,13,16,22,31-32,37H,1,9-12,14-15H2,2-3H3. The van der Waals surface area contributed by atoms with Crippen LogP contribution in [0.15, 0.2) is 47.5 Å². The average Bonchev–Trinajstić information content (AvgIpc) is 3.57. The van der Waals surface area contributed by atoms with Crippen LogP contribution in [0.3, 0.4) is 0 Å². The third-order valence-corrected chi connectivity index (χ3v) is 8.50. The lowest BCUT2D eigenvalue weighted by Gasteiger charge is -2.40. The minimum atomic E-state index is -0.505. The van der Waals surface area contributed by atoms with Crippen LogP contribution in [0.25, 0.3) is 5.69 Å². The lowest BCUT2D eigenvalue weighted by atomic mass is 9.95. The normalized spacial score (nSPS) is 17.6. The predicted octanol–water partition coefficient (Wildman–Crippen LogP) is 4.41. The summed E-state index contributed by atoms with van der Waals surface area (Å²) in [5, 5.41) is 22.3. The molecule has 2 amide bonds. The third kappa shape index (κ3) is 4.28. The van der Waals surface area contributed by atoms with Crippen molar-refractivity contribution in [3.63, 3.8) is 0 Å². The van der Waals surface area contributed by atoms with Gasteiger partial charge in [0.05, 0.1) is 47.5 Å². The van der Waals surface area contributed by atoms with Crippen molar-refractivity contribution in [1.82, 2.24) is 19.6 Å². The predicted molar refractivity (Wildman–Crippen MR) is 155 cm³/mol. The lowest BCUT2D eigenvalue weighted by Crippen LogP contribution is -2.48. The number of nitrogens with one attached hydrogen (secondary N) is 2. The van der Waals surface area contributed by atoms with Gasteiger partial charge in [0, 0.05) is 24.0 Å². The van der Waals surface area contributed by atoms with E-state index in [0.717, 1.165) is 32.7 Å². The number of fused-ring (bicyclic) bond motifs is 1. The summed E-state index contributed by atoms with van der Waals surface area (Å²) in [4.78, 5) is 30.4. The van der Waals surface area contributed by atoms with E-state index < -0.39 is 6.04 Å². The van der Waals surface area contributed by atoms with E-state index >= 15 is 0 Å². The summed E-state index contributed by atoms with van der Waals surface area (Å²) in [5.74, 6) is 0.430. The summed E-state index contributed by atoms with van der Waals surface area (Å²) in [5.41, 5.74) is 5.33. The second-order valence-corrected chi connectivity index (χ2v) is 11.3. The van der Waals surface area contributed by atoms with E-state index in [1.54, 1.807) is 20.5 Å². The molecule has 40 heavy (non-hydrogen) atoms. The highest BCUT2D eigenvalue weighted by atomic mass is 79.9. The molecule has 0 fully saturated rings. The van der Waals surface area contributed by atoms with Gasteiger partial charge >= 0.3 is 0 Å². The number of anilines is 2. The highest BCUT2D eigenvalue weighted by molar-refractivity contribution is 9.10. The molecule has 0 saturated heterocycles. The summed E-state index contributed by atoms with van der Waals surface area (Å²) < 4.78 is 8.72. The van der Waals surface area contributed by atoms with E-state index in [2.05, 4.69) is 47.0 Å². The molecule has 3 N–H and O–H groups in total. The topological polar surface area (TPSA) is 112 Å². The molecule has 0 bridgehead atoms. The Labute approximate surface area is 240 Å². The molecule has 6 rings (SSSR count). The maximum absolute atomic E-state index is 14.2. The molecule has 4 heterocycles. The molecule has 3 aliphatic rings. The number of carbonyl (C=O) groups is 2. The van der Waals surface area contributed by atoms with Crippen molar-refractivity contribution in [3.8, 4) is 17.3 Å². The van der Waals surface area contributed by atoms with Crippen LogP contribution >= 0.6 is 15.9 Å². The van der Waals surface area contributed by atoms with Crippen LogP contribution in [0.5, 0.6) is 11.6 Å². The van der Waals surface area contributed by atoms with Crippen molar-refractivity contribution in [2.24, 2.45) is 0 Å². The number of nitrogens with zero attached hydrogens (tertiary/aromatic N) is 4. The number of ether oxygens (including phenoxy) is 1. The molecule has 0 aliphatic carbocycles. The van der Waals surface area contributed by atoms with Gasteiger partial charge in [0.25, 0.3) is 5.91 Å². The number of aromatic hydroxyl groups is 1.